The van der Waals surface area contributed by atoms with Crippen LogP contribution >= 0.6 is 11.3 Å². The van der Waals surface area contributed by atoms with Crippen LogP contribution in [-0.4, -0.2) is 18.0 Å². The maximum Gasteiger partial charge on any atom is 0.333 e. The number of sulfone groups is 1. The van der Waals surface area contributed by atoms with E-state index in [0.29, 0.717) is 11.9 Å². The second-order valence-corrected chi connectivity index (χ2v) is 11.4. The van der Waals surface area contributed by atoms with Gasteiger partial charge in [0, 0.05) is 0 Å². The van der Waals surface area contributed by atoms with Crippen LogP contribution in [0.25, 0.3) is 16.6 Å². The Hall–Kier alpha value is -3.48. The van der Waals surface area contributed by atoms with Crippen molar-refractivity contribution in [1.82, 2.24) is 9.55 Å². The molecule has 0 radical (unpaired) electrons. The molecule has 0 saturated carbocycles. The SMILES string of the molecule is N#Cc1sc(S(=O)(=O)C2CCCCc3ccccc32)cc1-n1c(=O)[nH]c2ccccc2c1=O. The van der Waals surface area contributed by atoms with Crippen molar-refractivity contribution in [1.29, 1.82) is 5.26 Å². The predicted molar refractivity (Wildman–Crippen MR) is 127 cm³/mol. The highest BCUT2D eigenvalue weighted by atomic mass is 32.2. The zero-order chi connectivity index (χ0) is 23.2. The zero-order valence-corrected chi connectivity index (χ0v) is 19.1. The molecule has 0 fully saturated rings. The molecule has 0 saturated heterocycles. The van der Waals surface area contributed by atoms with E-state index in [0.717, 1.165) is 46.3 Å². The molecule has 166 valence electrons. The lowest BCUT2D eigenvalue weighted by Gasteiger charge is -2.17. The molecule has 33 heavy (non-hydrogen) atoms. The Bertz CT molecular complexity index is 1660. The minimum Gasteiger partial charge on any atom is -0.306 e. The third kappa shape index (κ3) is 3.52. The molecule has 0 amide bonds. The minimum atomic E-state index is -3.85. The molecule has 0 aliphatic heterocycles. The van der Waals surface area contributed by atoms with Crippen LogP contribution in [0.15, 0.2) is 68.4 Å². The summed E-state index contributed by atoms with van der Waals surface area (Å²) >= 11 is 0.798. The second kappa shape index (κ2) is 8.14. The van der Waals surface area contributed by atoms with Gasteiger partial charge in [-0.15, -0.1) is 11.3 Å². The third-order valence-electron chi connectivity index (χ3n) is 6.06. The molecule has 0 spiro atoms. The van der Waals surface area contributed by atoms with Crippen LogP contribution in [0.1, 0.15) is 40.5 Å². The Labute approximate surface area is 193 Å². The fourth-order valence-corrected chi connectivity index (χ4v) is 7.80. The number of aromatic amines is 1. The number of aryl methyl sites for hydroxylation is 1. The van der Waals surface area contributed by atoms with E-state index in [2.05, 4.69) is 4.98 Å². The third-order valence-corrected chi connectivity index (χ3v) is 9.74. The topological polar surface area (TPSA) is 113 Å². The standard InChI is InChI=1S/C24H19N3O4S2/c25-14-20-19(27-23(28)17-10-4-5-11-18(17)26-24(27)29)13-22(32-20)33(30,31)21-12-6-2-8-15-7-1-3-9-16(15)21/h1,3-5,7,9-11,13,21H,2,6,8,12H2,(H,26,29). The number of hydrogen-bond acceptors (Lipinski definition) is 6. The quantitative estimate of drug-likeness (QED) is 0.450. The monoisotopic (exact) mass is 477 g/mol. The molecule has 0 bridgehead atoms. The summed E-state index contributed by atoms with van der Waals surface area (Å²) in [6.07, 6.45) is 2.98. The van der Waals surface area contributed by atoms with E-state index in [1.54, 1.807) is 24.3 Å². The molecular weight excluding hydrogens is 458 g/mol. The number of nitriles is 1. The van der Waals surface area contributed by atoms with E-state index in [9.17, 15) is 23.3 Å². The van der Waals surface area contributed by atoms with E-state index < -0.39 is 26.3 Å². The summed E-state index contributed by atoms with van der Waals surface area (Å²) in [5.74, 6) is 0. The Morgan fingerprint density at radius 3 is 2.64 bits per heavy atom. The first-order chi connectivity index (χ1) is 15.9. The highest BCUT2D eigenvalue weighted by Gasteiger charge is 2.34. The highest BCUT2D eigenvalue weighted by Crippen LogP contribution is 2.41. The number of aromatic nitrogens is 2. The van der Waals surface area contributed by atoms with Gasteiger partial charge in [-0.05, 0) is 48.6 Å². The van der Waals surface area contributed by atoms with Crippen LogP contribution in [0.5, 0.6) is 0 Å². The van der Waals surface area contributed by atoms with Crippen molar-refractivity contribution < 1.29 is 8.42 Å². The molecule has 1 atom stereocenters. The number of H-pyrrole nitrogens is 1. The number of fused-ring (bicyclic) bond motifs is 2. The smallest absolute Gasteiger partial charge is 0.306 e. The summed E-state index contributed by atoms with van der Waals surface area (Å²) in [5.41, 5.74) is 0.830. The molecule has 7 nitrogen and oxygen atoms in total. The Balaban J connectivity index is 1.69. The van der Waals surface area contributed by atoms with Crippen molar-refractivity contribution in [2.24, 2.45) is 0 Å². The number of para-hydroxylation sites is 1. The van der Waals surface area contributed by atoms with Gasteiger partial charge < -0.3 is 4.98 Å². The van der Waals surface area contributed by atoms with E-state index in [1.807, 2.05) is 30.3 Å². The van der Waals surface area contributed by atoms with Crippen molar-refractivity contribution in [3.05, 3.63) is 91.4 Å². The van der Waals surface area contributed by atoms with Gasteiger partial charge in [0.25, 0.3) is 5.56 Å². The lowest BCUT2D eigenvalue weighted by Crippen LogP contribution is -2.33. The van der Waals surface area contributed by atoms with E-state index in [1.165, 1.54) is 6.07 Å². The van der Waals surface area contributed by atoms with Gasteiger partial charge in [0.2, 0.25) is 0 Å². The summed E-state index contributed by atoms with van der Waals surface area (Å²) in [4.78, 5) is 28.5. The van der Waals surface area contributed by atoms with Crippen LogP contribution in [0.2, 0.25) is 0 Å². The maximum absolute atomic E-state index is 13.7. The molecule has 2 aromatic heterocycles. The Morgan fingerprint density at radius 2 is 1.82 bits per heavy atom. The fourth-order valence-electron chi connectivity index (χ4n) is 4.47. The van der Waals surface area contributed by atoms with Crippen LogP contribution in [0, 0.1) is 11.3 Å². The lowest BCUT2D eigenvalue weighted by atomic mass is 10.0. The molecule has 1 unspecified atom stereocenters. The highest BCUT2D eigenvalue weighted by molar-refractivity contribution is 7.93. The molecule has 9 heteroatoms. The first-order valence-corrected chi connectivity index (χ1v) is 12.9. The summed E-state index contributed by atoms with van der Waals surface area (Å²) in [6, 6.07) is 17.4. The van der Waals surface area contributed by atoms with Crippen molar-refractivity contribution in [2.45, 2.75) is 35.1 Å². The van der Waals surface area contributed by atoms with Gasteiger partial charge >= 0.3 is 5.69 Å². The number of rotatable bonds is 3. The van der Waals surface area contributed by atoms with Gasteiger partial charge in [-0.3, -0.25) is 4.79 Å². The van der Waals surface area contributed by atoms with Gasteiger partial charge in [0.1, 0.15) is 15.2 Å². The van der Waals surface area contributed by atoms with Crippen molar-refractivity contribution >= 4 is 32.1 Å². The molecule has 1 aliphatic rings. The van der Waals surface area contributed by atoms with Crippen molar-refractivity contribution in [2.75, 3.05) is 0 Å². The van der Waals surface area contributed by atoms with E-state index in [-0.39, 0.29) is 20.2 Å². The summed E-state index contributed by atoms with van der Waals surface area (Å²) in [6.45, 7) is 0. The van der Waals surface area contributed by atoms with Crippen molar-refractivity contribution in [3.8, 4) is 11.8 Å². The van der Waals surface area contributed by atoms with Gasteiger partial charge in [-0.2, -0.15) is 5.26 Å². The van der Waals surface area contributed by atoms with Crippen molar-refractivity contribution in [3.63, 3.8) is 0 Å². The molecule has 1 aliphatic carbocycles. The normalized spacial score (nSPS) is 16.2. The van der Waals surface area contributed by atoms with Gasteiger partial charge in [0.15, 0.2) is 9.84 Å². The number of hydrogen-bond donors (Lipinski definition) is 1. The van der Waals surface area contributed by atoms with Crippen LogP contribution in [0.3, 0.4) is 0 Å². The number of nitrogens with zero attached hydrogens (tertiary/aromatic N) is 2. The molecule has 1 N–H and O–H groups in total. The van der Waals surface area contributed by atoms with Gasteiger partial charge in [-0.25, -0.2) is 17.8 Å². The molecule has 2 heterocycles. The van der Waals surface area contributed by atoms with E-state index in [4.69, 9.17) is 0 Å². The average molecular weight is 478 g/mol. The van der Waals surface area contributed by atoms with Crippen LogP contribution in [0.4, 0.5) is 0 Å². The van der Waals surface area contributed by atoms with Gasteiger partial charge in [-0.1, -0.05) is 42.8 Å². The molecule has 5 rings (SSSR count). The lowest BCUT2D eigenvalue weighted by molar-refractivity contribution is 0.573. The summed E-state index contributed by atoms with van der Waals surface area (Å²) in [7, 11) is -3.85. The average Bonchev–Trinajstić information content (AvgIpc) is 3.12. The Kier molecular flexibility index (Phi) is 5.27. The summed E-state index contributed by atoms with van der Waals surface area (Å²) in [5, 5.41) is 9.24. The Morgan fingerprint density at radius 1 is 1.06 bits per heavy atom. The first kappa shape index (κ1) is 21.4. The molecule has 2 aromatic carbocycles. The largest absolute Gasteiger partial charge is 0.333 e. The fraction of sp³-hybridized carbons (Fsp3) is 0.208. The second-order valence-electron chi connectivity index (χ2n) is 7.99. The number of nitrogens with one attached hydrogen (secondary N) is 1. The predicted octanol–water partition coefficient (Wildman–Crippen LogP) is 3.85. The molecule has 4 aromatic rings. The number of benzene rings is 2. The van der Waals surface area contributed by atoms with Gasteiger partial charge in [0.05, 0.1) is 21.8 Å². The van der Waals surface area contributed by atoms with Crippen LogP contribution in [-0.2, 0) is 16.3 Å². The summed E-state index contributed by atoms with van der Waals surface area (Å²) < 4.78 is 28.3. The minimum absolute atomic E-state index is 0.00152. The first-order valence-electron chi connectivity index (χ1n) is 10.5. The van der Waals surface area contributed by atoms with E-state index >= 15 is 0 Å². The molecular formula is C24H19N3O4S2. The van der Waals surface area contributed by atoms with Crippen LogP contribution < -0.4 is 11.2 Å². The zero-order valence-electron chi connectivity index (χ0n) is 17.4. The maximum atomic E-state index is 13.7. The number of thiophene rings is 1.